The molecule has 3 aromatic rings. The summed E-state index contributed by atoms with van der Waals surface area (Å²) in [6.07, 6.45) is 0. The molecule has 0 bridgehead atoms. The molecule has 0 aliphatic carbocycles. The smallest absolute Gasteiger partial charge is 0.229 e. The SMILES string of the molecule is Nc1cccc(-c2nc3ccccc3o2)c1N. The van der Waals surface area contributed by atoms with Gasteiger partial charge in [-0.05, 0) is 24.3 Å². The van der Waals surface area contributed by atoms with E-state index in [-0.39, 0.29) is 0 Å². The molecule has 0 radical (unpaired) electrons. The fraction of sp³-hybridized carbons (Fsp3) is 0. The second kappa shape index (κ2) is 3.52. The third-order valence-corrected chi connectivity index (χ3v) is 2.66. The number of rotatable bonds is 1. The lowest BCUT2D eigenvalue weighted by Gasteiger charge is -2.03. The van der Waals surface area contributed by atoms with E-state index in [1.807, 2.05) is 36.4 Å². The summed E-state index contributed by atoms with van der Waals surface area (Å²) in [4.78, 5) is 4.38. The van der Waals surface area contributed by atoms with Crippen LogP contribution in [0.5, 0.6) is 0 Å². The molecular weight excluding hydrogens is 214 g/mol. The molecule has 0 atom stereocenters. The second-order valence-electron chi connectivity index (χ2n) is 3.80. The lowest BCUT2D eigenvalue weighted by atomic mass is 10.1. The molecule has 4 N–H and O–H groups in total. The maximum atomic E-state index is 5.91. The zero-order valence-corrected chi connectivity index (χ0v) is 9.05. The first-order chi connectivity index (χ1) is 8.25. The Morgan fingerprint density at radius 1 is 0.941 bits per heavy atom. The van der Waals surface area contributed by atoms with Crippen molar-refractivity contribution in [1.29, 1.82) is 0 Å². The van der Waals surface area contributed by atoms with E-state index in [2.05, 4.69) is 4.98 Å². The lowest BCUT2D eigenvalue weighted by molar-refractivity contribution is 0.620. The third kappa shape index (κ3) is 1.50. The van der Waals surface area contributed by atoms with Gasteiger partial charge in [-0.15, -0.1) is 0 Å². The van der Waals surface area contributed by atoms with Crippen LogP contribution < -0.4 is 11.5 Å². The van der Waals surface area contributed by atoms with Gasteiger partial charge in [-0.1, -0.05) is 18.2 Å². The number of hydrogen-bond donors (Lipinski definition) is 2. The number of fused-ring (bicyclic) bond motifs is 1. The third-order valence-electron chi connectivity index (χ3n) is 2.66. The largest absolute Gasteiger partial charge is 0.436 e. The standard InChI is InChI=1S/C13H11N3O/c14-9-5-3-4-8(12(9)15)13-16-10-6-1-2-7-11(10)17-13/h1-7H,14-15H2. The van der Waals surface area contributed by atoms with Crippen LogP contribution in [0.1, 0.15) is 0 Å². The summed E-state index contributed by atoms with van der Waals surface area (Å²) in [5.74, 6) is 0.496. The zero-order chi connectivity index (χ0) is 11.8. The lowest BCUT2D eigenvalue weighted by Crippen LogP contribution is -1.96. The Morgan fingerprint density at radius 2 is 1.76 bits per heavy atom. The van der Waals surface area contributed by atoms with Crippen LogP contribution >= 0.6 is 0 Å². The fourth-order valence-corrected chi connectivity index (χ4v) is 1.76. The topological polar surface area (TPSA) is 78.1 Å². The summed E-state index contributed by atoms with van der Waals surface area (Å²) in [6, 6.07) is 13.0. The maximum Gasteiger partial charge on any atom is 0.229 e. The van der Waals surface area contributed by atoms with E-state index in [9.17, 15) is 0 Å². The van der Waals surface area contributed by atoms with Crippen LogP contribution in [-0.2, 0) is 0 Å². The molecule has 3 rings (SSSR count). The molecule has 0 aliphatic rings. The van der Waals surface area contributed by atoms with Crippen LogP contribution in [0.25, 0.3) is 22.6 Å². The molecule has 0 saturated heterocycles. The molecule has 0 amide bonds. The van der Waals surface area contributed by atoms with Crippen molar-refractivity contribution in [2.75, 3.05) is 11.5 Å². The molecule has 84 valence electrons. The van der Waals surface area contributed by atoms with E-state index in [0.717, 1.165) is 16.7 Å². The monoisotopic (exact) mass is 225 g/mol. The van der Waals surface area contributed by atoms with E-state index in [1.165, 1.54) is 0 Å². The Kier molecular flexibility index (Phi) is 2.01. The predicted molar refractivity (Wildman–Crippen MR) is 68.3 cm³/mol. The van der Waals surface area contributed by atoms with Gasteiger partial charge < -0.3 is 15.9 Å². The number of nitrogen functional groups attached to an aromatic ring is 2. The average molecular weight is 225 g/mol. The summed E-state index contributed by atoms with van der Waals surface area (Å²) in [7, 11) is 0. The van der Waals surface area contributed by atoms with Crippen molar-refractivity contribution >= 4 is 22.5 Å². The number of nitrogens with zero attached hydrogens (tertiary/aromatic N) is 1. The number of para-hydroxylation sites is 3. The summed E-state index contributed by atoms with van der Waals surface area (Å²) in [5.41, 5.74) is 15.0. The molecule has 4 heteroatoms. The van der Waals surface area contributed by atoms with E-state index in [0.29, 0.717) is 17.3 Å². The maximum absolute atomic E-state index is 5.91. The molecule has 1 heterocycles. The highest BCUT2D eigenvalue weighted by Crippen LogP contribution is 2.31. The average Bonchev–Trinajstić information content (AvgIpc) is 2.76. The number of nitrogens with two attached hydrogens (primary N) is 2. The number of aromatic nitrogens is 1. The first-order valence-electron chi connectivity index (χ1n) is 5.25. The van der Waals surface area contributed by atoms with Gasteiger partial charge in [0.25, 0.3) is 0 Å². The van der Waals surface area contributed by atoms with Crippen molar-refractivity contribution in [1.82, 2.24) is 4.98 Å². The molecule has 0 unspecified atom stereocenters. The number of oxazole rings is 1. The van der Waals surface area contributed by atoms with Gasteiger partial charge in [0, 0.05) is 0 Å². The van der Waals surface area contributed by atoms with E-state index in [4.69, 9.17) is 15.9 Å². The molecular formula is C13H11N3O. The highest BCUT2D eigenvalue weighted by Gasteiger charge is 2.11. The van der Waals surface area contributed by atoms with E-state index in [1.54, 1.807) is 6.07 Å². The van der Waals surface area contributed by atoms with Crippen LogP contribution in [0.4, 0.5) is 11.4 Å². The molecule has 0 spiro atoms. The molecule has 0 saturated carbocycles. The predicted octanol–water partition coefficient (Wildman–Crippen LogP) is 2.66. The van der Waals surface area contributed by atoms with Crippen molar-refractivity contribution in [2.24, 2.45) is 0 Å². The zero-order valence-electron chi connectivity index (χ0n) is 9.05. The van der Waals surface area contributed by atoms with Crippen LogP contribution in [0, 0.1) is 0 Å². The summed E-state index contributed by atoms with van der Waals surface area (Å²) in [6.45, 7) is 0. The Labute approximate surface area is 97.9 Å². The first kappa shape index (κ1) is 9.72. The number of anilines is 2. The molecule has 17 heavy (non-hydrogen) atoms. The van der Waals surface area contributed by atoms with Crippen molar-refractivity contribution in [2.45, 2.75) is 0 Å². The van der Waals surface area contributed by atoms with Gasteiger partial charge in [0.2, 0.25) is 5.89 Å². The van der Waals surface area contributed by atoms with Crippen molar-refractivity contribution in [3.63, 3.8) is 0 Å². The van der Waals surface area contributed by atoms with E-state index >= 15 is 0 Å². The van der Waals surface area contributed by atoms with Gasteiger partial charge in [-0.2, -0.15) is 0 Å². The van der Waals surface area contributed by atoms with Crippen molar-refractivity contribution in [3.8, 4) is 11.5 Å². The molecule has 0 aliphatic heterocycles. The molecule has 1 aromatic heterocycles. The number of benzene rings is 2. The fourth-order valence-electron chi connectivity index (χ4n) is 1.76. The van der Waals surface area contributed by atoms with Gasteiger partial charge in [-0.25, -0.2) is 4.98 Å². The van der Waals surface area contributed by atoms with E-state index < -0.39 is 0 Å². The van der Waals surface area contributed by atoms with Crippen molar-refractivity contribution < 1.29 is 4.42 Å². The minimum atomic E-state index is 0.496. The van der Waals surface area contributed by atoms with Gasteiger partial charge in [0.15, 0.2) is 5.58 Å². The minimum Gasteiger partial charge on any atom is -0.436 e. The minimum absolute atomic E-state index is 0.496. The Hall–Kier alpha value is -2.49. The second-order valence-corrected chi connectivity index (χ2v) is 3.80. The van der Waals surface area contributed by atoms with Crippen LogP contribution in [0.3, 0.4) is 0 Å². The van der Waals surface area contributed by atoms with Crippen molar-refractivity contribution in [3.05, 3.63) is 42.5 Å². The summed E-state index contributed by atoms with van der Waals surface area (Å²) < 4.78 is 5.64. The molecule has 4 nitrogen and oxygen atoms in total. The molecule has 2 aromatic carbocycles. The van der Waals surface area contributed by atoms with Gasteiger partial charge >= 0.3 is 0 Å². The number of hydrogen-bond acceptors (Lipinski definition) is 4. The Morgan fingerprint density at radius 3 is 2.59 bits per heavy atom. The summed E-state index contributed by atoms with van der Waals surface area (Å²) >= 11 is 0. The molecule has 0 fully saturated rings. The van der Waals surface area contributed by atoms with Gasteiger partial charge in [0.1, 0.15) is 5.52 Å². The highest BCUT2D eigenvalue weighted by atomic mass is 16.3. The normalized spacial score (nSPS) is 10.8. The van der Waals surface area contributed by atoms with Crippen LogP contribution in [0.2, 0.25) is 0 Å². The Balaban J connectivity index is 2.24. The quantitative estimate of drug-likeness (QED) is 0.624. The highest BCUT2D eigenvalue weighted by molar-refractivity contribution is 5.84. The van der Waals surface area contributed by atoms with Crippen LogP contribution in [-0.4, -0.2) is 4.98 Å². The Bertz CT molecular complexity index is 655. The van der Waals surface area contributed by atoms with Crippen LogP contribution in [0.15, 0.2) is 46.9 Å². The first-order valence-corrected chi connectivity index (χ1v) is 5.25. The van der Waals surface area contributed by atoms with Gasteiger partial charge in [0.05, 0.1) is 16.9 Å². The van der Waals surface area contributed by atoms with Gasteiger partial charge in [-0.3, -0.25) is 0 Å². The summed E-state index contributed by atoms with van der Waals surface area (Å²) in [5, 5.41) is 0.